The Balaban J connectivity index is 1.61. The van der Waals surface area contributed by atoms with Crippen LogP contribution in [0.1, 0.15) is 31.7 Å². The number of anilines is 3. The molecule has 0 radical (unpaired) electrons. The minimum atomic E-state index is 0.581. The topological polar surface area (TPSA) is 53.1 Å². The molecule has 1 aliphatic heterocycles. The first-order valence-corrected chi connectivity index (χ1v) is 9.66. The van der Waals surface area contributed by atoms with Gasteiger partial charge in [-0.25, -0.2) is 9.97 Å². The highest BCUT2D eigenvalue weighted by atomic mass is 32.2. The van der Waals surface area contributed by atoms with Crippen LogP contribution in [0.5, 0.6) is 0 Å². The van der Waals surface area contributed by atoms with Crippen LogP contribution in [-0.4, -0.2) is 28.4 Å². The van der Waals surface area contributed by atoms with E-state index in [0.717, 1.165) is 47.9 Å². The molecule has 0 atom stereocenters. The Labute approximate surface area is 147 Å². The summed E-state index contributed by atoms with van der Waals surface area (Å²) in [6.45, 7) is 3.83. The Kier molecular flexibility index (Phi) is 4.47. The van der Waals surface area contributed by atoms with Crippen molar-refractivity contribution in [1.82, 2.24) is 9.97 Å². The fourth-order valence-corrected chi connectivity index (χ4v) is 3.48. The van der Waals surface area contributed by atoms with E-state index in [0.29, 0.717) is 6.04 Å². The van der Waals surface area contributed by atoms with E-state index in [-0.39, 0.29) is 0 Å². The third-order valence-electron chi connectivity index (χ3n) is 4.19. The molecule has 2 aliphatic rings. The van der Waals surface area contributed by atoms with Crippen LogP contribution in [0.3, 0.4) is 0 Å². The van der Waals surface area contributed by atoms with Crippen LogP contribution in [0.25, 0.3) is 0 Å². The van der Waals surface area contributed by atoms with Crippen molar-refractivity contribution in [3.63, 3.8) is 0 Å². The van der Waals surface area contributed by atoms with E-state index in [9.17, 15) is 0 Å². The molecule has 2 aromatic rings. The summed E-state index contributed by atoms with van der Waals surface area (Å²) in [6.07, 6.45) is 3.61. The number of nitrogens with zero attached hydrogens (tertiary/aromatic N) is 3. The number of rotatable bonds is 7. The predicted octanol–water partition coefficient (Wildman–Crippen LogP) is 3.94. The van der Waals surface area contributed by atoms with Crippen LogP contribution >= 0.6 is 11.8 Å². The van der Waals surface area contributed by atoms with Gasteiger partial charge in [-0.05, 0) is 24.8 Å². The highest BCUT2D eigenvalue weighted by molar-refractivity contribution is 7.99. The standard InChI is InChI=1S/C18H23N5S/c1-2-10-24-18-21-16(20-14-8-9-14)15-17(22-18)23(12-19-15)11-13-6-4-3-5-7-13/h3-7,14,19H,2,8-12H2,1H3,(H,20,21,22). The minimum absolute atomic E-state index is 0.581. The van der Waals surface area contributed by atoms with Crippen LogP contribution < -0.4 is 15.5 Å². The first-order chi connectivity index (χ1) is 11.8. The second kappa shape index (κ2) is 6.89. The number of nitrogens with one attached hydrogen (secondary N) is 2. The Morgan fingerprint density at radius 2 is 2.08 bits per heavy atom. The van der Waals surface area contributed by atoms with Gasteiger partial charge in [0.2, 0.25) is 0 Å². The molecule has 6 heteroatoms. The van der Waals surface area contributed by atoms with Gasteiger partial charge in [0.25, 0.3) is 0 Å². The van der Waals surface area contributed by atoms with Gasteiger partial charge < -0.3 is 15.5 Å². The number of hydrogen-bond donors (Lipinski definition) is 2. The first kappa shape index (κ1) is 15.6. The Morgan fingerprint density at radius 3 is 2.83 bits per heavy atom. The predicted molar refractivity (Wildman–Crippen MR) is 101 cm³/mol. The van der Waals surface area contributed by atoms with Crippen LogP contribution in [0.4, 0.5) is 17.3 Å². The normalized spacial score (nSPS) is 16.0. The number of benzene rings is 1. The molecule has 1 aromatic heterocycles. The second-order valence-electron chi connectivity index (χ2n) is 6.34. The van der Waals surface area contributed by atoms with Crippen molar-refractivity contribution >= 4 is 29.1 Å². The average Bonchev–Trinajstić information content (AvgIpc) is 3.34. The van der Waals surface area contributed by atoms with Crippen molar-refractivity contribution in [2.45, 2.75) is 43.9 Å². The highest BCUT2D eigenvalue weighted by Gasteiger charge is 2.29. The fraction of sp³-hybridized carbons (Fsp3) is 0.444. The summed E-state index contributed by atoms with van der Waals surface area (Å²) >= 11 is 1.74. The van der Waals surface area contributed by atoms with Crippen LogP contribution in [-0.2, 0) is 6.54 Å². The molecule has 126 valence electrons. The summed E-state index contributed by atoms with van der Waals surface area (Å²) in [4.78, 5) is 11.9. The molecular formula is C18H23N5S. The quantitative estimate of drug-likeness (QED) is 0.588. The number of aromatic nitrogens is 2. The molecular weight excluding hydrogens is 318 g/mol. The maximum absolute atomic E-state index is 4.83. The smallest absolute Gasteiger partial charge is 0.191 e. The van der Waals surface area contributed by atoms with Gasteiger partial charge in [-0.2, -0.15) is 0 Å². The lowest BCUT2D eigenvalue weighted by molar-refractivity contribution is 0.837. The summed E-state index contributed by atoms with van der Waals surface area (Å²) < 4.78 is 0. The minimum Gasteiger partial charge on any atom is -0.365 e. The summed E-state index contributed by atoms with van der Waals surface area (Å²) in [7, 11) is 0. The Morgan fingerprint density at radius 1 is 1.25 bits per heavy atom. The third kappa shape index (κ3) is 3.43. The number of hydrogen-bond acceptors (Lipinski definition) is 6. The van der Waals surface area contributed by atoms with Gasteiger partial charge in [0, 0.05) is 18.3 Å². The summed E-state index contributed by atoms with van der Waals surface area (Å²) in [5.74, 6) is 3.04. The highest BCUT2D eigenvalue weighted by Crippen LogP contribution is 2.39. The van der Waals surface area contributed by atoms with E-state index >= 15 is 0 Å². The maximum atomic E-state index is 4.83. The third-order valence-corrected chi connectivity index (χ3v) is 5.24. The number of thioether (sulfide) groups is 1. The van der Waals surface area contributed by atoms with Crippen molar-refractivity contribution in [2.75, 3.05) is 28.0 Å². The lowest BCUT2D eigenvalue weighted by atomic mass is 10.2. The summed E-state index contributed by atoms with van der Waals surface area (Å²) in [5.41, 5.74) is 2.35. The molecule has 0 unspecified atom stereocenters. The van der Waals surface area contributed by atoms with Gasteiger partial charge in [0.05, 0.1) is 6.67 Å². The second-order valence-corrected chi connectivity index (χ2v) is 7.40. The molecule has 0 amide bonds. The maximum Gasteiger partial charge on any atom is 0.191 e. The Hall–Kier alpha value is -1.95. The molecule has 0 saturated heterocycles. The van der Waals surface area contributed by atoms with E-state index in [2.05, 4.69) is 52.8 Å². The van der Waals surface area contributed by atoms with Crippen molar-refractivity contribution < 1.29 is 0 Å². The SMILES string of the molecule is CCCSc1nc(NC2CC2)c2c(n1)N(Cc1ccccc1)CN2. The van der Waals surface area contributed by atoms with Crippen molar-refractivity contribution in [1.29, 1.82) is 0 Å². The monoisotopic (exact) mass is 341 g/mol. The van der Waals surface area contributed by atoms with Gasteiger partial charge in [-0.15, -0.1) is 0 Å². The van der Waals surface area contributed by atoms with Crippen LogP contribution in [0, 0.1) is 0 Å². The summed E-state index contributed by atoms with van der Waals surface area (Å²) in [5, 5.41) is 7.92. The van der Waals surface area contributed by atoms with Crippen molar-refractivity contribution in [3.8, 4) is 0 Å². The van der Waals surface area contributed by atoms with Gasteiger partial charge >= 0.3 is 0 Å². The van der Waals surface area contributed by atoms with Crippen LogP contribution in [0.15, 0.2) is 35.5 Å². The molecule has 1 aliphatic carbocycles. The van der Waals surface area contributed by atoms with Crippen LogP contribution in [0.2, 0.25) is 0 Å². The van der Waals surface area contributed by atoms with Crippen molar-refractivity contribution in [3.05, 3.63) is 35.9 Å². The number of fused-ring (bicyclic) bond motifs is 1. The fourth-order valence-electron chi connectivity index (χ4n) is 2.79. The Bertz CT molecular complexity index is 702. The zero-order valence-corrected chi connectivity index (χ0v) is 14.8. The van der Waals surface area contributed by atoms with Gasteiger partial charge in [-0.3, -0.25) is 0 Å². The lowest BCUT2D eigenvalue weighted by Crippen LogP contribution is -2.22. The first-order valence-electron chi connectivity index (χ1n) is 8.67. The molecule has 2 N–H and O–H groups in total. The van der Waals surface area contributed by atoms with Gasteiger partial charge in [0.15, 0.2) is 16.8 Å². The van der Waals surface area contributed by atoms with Crippen molar-refractivity contribution in [2.24, 2.45) is 0 Å². The van der Waals surface area contributed by atoms with Gasteiger partial charge in [-0.1, -0.05) is 49.0 Å². The molecule has 5 nitrogen and oxygen atoms in total. The average molecular weight is 341 g/mol. The largest absolute Gasteiger partial charge is 0.365 e. The van der Waals surface area contributed by atoms with Gasteiger partial charge in [0.1, 0.15) is 5.69 Å². The molecule has 0 spiro atoms. The van der Waals surface area contributed by atoms with E-state index in [4.69, 9.17) is 9.97 Å². The molecule has 1 saturated carbocycles. The van der Waals surface area contributed by atoms with E-state index < -0.39 is 0 Å². The van der Waals surface area contributed by atoms with E-state index in [1.165, 1.54) is 18.4 Å². The molecule has 2 heterocycles. The molecule has 1 aromatic carbocycles. The summed E-state index contributed by atoms with van der Waals surface area (Å²) in [6, 6.07) is 11.1. The molecule has 4 rings (SSSR count). The molecule has 1 fully saturated rings. The molecule has 24 heavy (non-hydrogen) atoms. The van der Waals surface area contributed by atoms with E-state index in [1.807, 2.05) is 0 Å². The lowest BCUT2D eigenvalue weighted by Gasteiger charge is -2.18. The zero-order valence-electron chi connectivity index (χ0n) is 14.0. The van der Waals surface area contributed by atoms with E-state index in [1.54, 1.807) is 11.8 Å². The zero-order chi connectivity index (χ0) is 16.4. The molecule has 0 bridgehead atoms.